The minimum Gasteiger partial charge on any atom is -0.390 e. The van der Waals surface area contributed by atoms with Crippen LogP contribution >= 0.6 is 12.6 Å². The molecule has 2 N–H and O–H groups in total. The number of aromatic nitrogens is 2. The van der Waals surface area contributed by atoms with E-state index < -0.39 is 0 Å². The maximum absolute atomic E-state index is 9.10. The molecule has 1 aromatic heterocycles. The molecule has 1 aromatic carbocycles. The summed E-state index contributed by atoms with van der Waals surface area (Å²) in [6.07, 6.45) is 0.716. The smallest absolute Gasteiger partial charge is 0.162 e. The van der Waals surface area contributed by atoms with Crippen LogP contribution in [0, 0.1) is 0 Å². The first-order valence-electron chi connectivity index (χ1n) is 4.71. The molecular formula is C11H12N2OS. The lowest BCUT2D eigenvalue weighted by atomic mass is 10.1. The molecule has 78 valence electrons. The maximum atomic E-state index is 9.10. The zero-order valence-electron chi connectivity index (χ0n) is 8.14. The molecule has 0 amide bonds. The van der Waals surface area contributed by atoms with E-state index in [9.17, 15) is 0 Å². The van der Waals surface area contributed by atoms with Crippen molar-refractivity contribution in [3.63, 3.8) is 0 Å². The van der Waals surface area contributed by atoms with Gasteiger partial charge in [-0.05, 0) is 5.56 Å². The van der Waals surface area contributed by atoms with E-state index >= 15 is 0 Å². The molecule has 0 aliphatic heterocycles. The Morgan fingerprint density at radius 2 is 2.00 bits per heavy atom. The second-order valence-electron chi connectivity index (χ2n) is 3.31. The van der Waals surface area contributed by atoms with Crippen molar-refractivity contribution in [2.24, 2.45) is 0 Å². The van der Waals surface area contributed by atoms with Crippen LogP contribution in [0.3, 0.4) is 0 Å². The van der Waals surface area contributed by atoms with Crippen molar-refractivity contribution in [3.8, 4) is 0 Å². The molecule has 15 heavy (non-hydrogen) atoms. The fourth-order valence-electron chi connectivity index (χ4n) is 1.50. The van der Waals surface area contributed by atoms with E-state index in [1.54, 1.807) is 0 Å². The predicted octanol–water partition coefficient (Wildman–Crippen LogP) is 1.78. The second kappa shape index (κ2) is 4.51. The molecule has 0 aliphatic rings. The quantitative estimate of drug-likeness (QED) is 0.691. The molecule has 3 nitrogen and oxygen atoms in total. The lowest BCUT2D eigenvalue weighted by molar-refractivity contribution is 0.276. The molecule has 2 aromatic rings. The number of benzene rings is 1. The summed E-state index contributed by atoms with van der Waals surface area (Å²) in [6.45, 7) is -0.0320. The summed E-state index contributed by atoms with van der Waals surface area (Å²) >= 11 is 4.12. The van der Waals surface area contributed by atoms with Gasteiger partial charge in [0.15, 0.2) is 5.16 Å². The summed E-state index contributed by atoms with van der Waals surface area (Å²) in [7, 11) is 0. The Morgan fingerprint density at radius 1 is 1.27 bits per heavy atom. The molecule has 0 aliphatic carbocycles. The fraction of sp³-hybridized carbons (Fsp3) is 0.182. The zero-order chi connectivity index (χ0) is 10.7. The molecule has 0 bridgehead atoms. The topological polar surface area (TPSA) is 48.9 Å². The Labute approximate surface area is 93.6 Å². The number of imidazole rings is 1. The zero-order valence-corrected chi connectivity index (χ0v) is 9.04. The molecule has 0 unspecified atom stereocenters. The van der Waals surface area contributed by atoms with Crippen molar-refractivity contribution in [2.75, 3.05) is 0 Å². The van der Waals surface area contributed by atoms with Crippen LogP contribution < -0.4 is 0 Å². The third-order valence-corrected chi connectivity index (χ3v) is 2.44. The molecule has 4 heteroatoms. The largest absolute Gasteiger partial charge is 0.390 e. The van der Waals surface area contributed by atoms with Gasteiger partial charge in [-0.3, -0.25) is 0 Å². The van der Waals surface area contributed by atoms with Gasteiger partial charge in [0.2, 0.25) is 0 Å². The first-order valence-corrected chi connectivity index (χ1v) is 5.16. The number of aliphatic hydroxyl groups excluding tert-OH is 1. The van der Waals surface area contributed by atoms with E-state index in [0.717, 1.165) is 11.4 Å². The Bertz CT molecular complexity index is 439. The first kappa shape index (κ1) is 10.3. The number of hydrogen-bond donors (Lipinski definition) is 3. The highest BCUT2D eigenvalue weighted by molar-refractivity contribution is 7.80. The minimum absolute atomic E-state index is 0.0320. The molecule has 2 rings (SSSR count). The number of aromatic amines is 1. The third-order valence-electron chi connectivity index (χ3n) is 2.22. The van der Waals surface area contributed by atoms with Gasteiger partial charge in [0.25, 0.3) is 0 Å². The lowest BCUT2D eigenvalue weighted by Crippen LogP contribution is -1.94. The van der Waals surface area contributed by atoms with Crippen LogP contribution in [0.4, 0.5) is 0 Å². The predicted molar refractivity (Wildman–Crippen MR) is 61.0 cm³/mol. The number of aliphatic hydroxyl groups is 1. The van der Waals surface area contributed by atoms with Crippen LogP contribution in [0.5, 0.6) is 0 Å². The molecule has 0 saturated heterocycles. The highest BCUT2D eigenvalue weighted by atomic mass is 32.1. The van der Waals surface area contributed by atoms with Crippen LogP contribution in [0.1, 0.15) is 17.0 Å². The van der Waals surface area contributed by atoms with E-state index in [-0.39, 0.29) is 6.61 Å². The molecular weight excluding hydrogens is 208 g/mol. The monoisotopic (exact) mass is 220 g/mol. The van der Waals surface area contributed by atoms with Crippen LogP contribution in [-0.2, 0) is 13.0 Å². The first-order chi connectivity index (χ1) is 7.29. The van der Waals surface area contributed by atoms with Crippen molar-refractivity contribution in [1.82, 2.24) is 9.97 Å². The third kappa shape index (κ3) is 2.40. The van der Waals surface area contributed by atoms with Crippen molar-refractivity contribution in [3.05, 3.63) is 47.3 Å². The van der Waals surface area contributed by atoms with Crippen LogP contribution in [0.2, 0.25) is 0 Å². The van der Waals surface area contributed by atoms with Gasteiger partial charge in [0.05, 0.1) is 18.0 Å². The van der Waals surface area contributed by atoms with Gasteiger partial charge in [0.1, 0.15) is 0 Å². The van der Waals surface area contributed by atoms with Crippen molar-refractivity contribution in [2.45, 2.75) is 18.2 Å². The Hall–Kier alpha value is -1.26. The normalized spacial score (nSPS) is 10.5. The second-order valence-corrected chi connectivity index (χ2v) is 3.73. The van der Waals surface area contributed by atoms with E-state index in [1.165, 1.54) is 5.56 Å². The van der Waals surface area contributed by atoms with Gasteiger partial charge < -0.3 is 10.1 Å². The molecule has 0 spiro atoms. The van der Waals surface area contributed by atoms with E-state index in [2.05, 4.69) is 22.6 Å². The summed E-state index contributed by atoms with van der Waals surface area (Å²) in [5.74, 6) is 0. The summed E-state index contributed by atoms with van der Waals surface area (Å²) in [5.41, 5.74) is 2.77. The van der Waals surface area contributed by atoms with Gasteiger partial charge in [-0.15, -0.1) is 12.6 Å². The number of nitrogens with zero attached hydrogens (tertiary/aromatic N) is 1. The molecule has 1 heterocycles. The fourth-order valence-corrected chi connectivity index (χ4v) is 1.75. The van der Waals surface area contributed by atoms with Gasteiger partial charge in [-0.1, -0.05) is 30.3 Å². The molecule has 0 atom stereocenters. The van der Waals surface area contributed by atoms with Crippen molar-refractivity contribution < 1.29 is 5.11 Å². The molecule has 0 radical (unpaired) electrons. The van der Waals surface area contributed by atoms with Crippen LogP contribution in [0.25, 0.3) is 0 Å². The summed E-state index contributed by atoms with van der Waals surface area (Å²) in [6, 6.07) is 10.0. The summed E-state index contributed by atoms with van der Waals surface area (Å²) in [4.78, 5) is 7.14. The average molecular weight is 220 g/mol. The maximum Gasteiger partial charge on any atom is 0.162 e. The van der Waals surface area contributed by atoms with Gasteiger partial charge >= 0.3 is 0 Å². The Balaban J connectivity index is 2.24. The number of hydrogen-bond acceptors (Lipinski definition) is 3. The average Bonchev–Trinajstić information content (AvgIpc) is 2.60. The lowest BCUT2D eigenvalue weighted by Gasteiger charge is -1.99. The van der Waals surface area contributed by atoms with E-state index in [0.29, 0.717) is 11.6 Å². The van der Waals surface area contributed by atoms with Gasteiger partial charge in [0, 0.05) is 6.42 Å². The number of H-pyrrole nitrogens is 1. The van der Waals surface area contributed by atoms with E-state index in [4.69, 9.17) is 5.11 Å². The molecule has 0 fully saturated rings. The minimum atomic E-state index is -0.0320. The van der Waals surface area contributed by atoms with Gasteiger partial charge in [-0.25, -0.2) is 4.98 Å². The number of rotatable bonds is 3. The number of nitrogens with one attached hydrogen (secondary N) is 1. The Kier molecular flexibility index (Phi) is 3.08. The standard InChI is InChI=1S/C11H12N2OS/c14-7-10-9(12-11(15)13-10)6-8-4-2-1-3-5-8/h1-5,14H,6-7H2,(H2,12,13,15). The van der Waals surface area contributed by atoms with Crippen LogP contribution in [0.15, 0.2) is 35.5 Å². The van der Waals surface area contributed by atoms with Crippen molar-refractivity contribution in [1.29, 1.82) is 0 Å². The summed E-state index contributed by atoms with van der Waals surface area (Å²) < 4.78 is 0. The number of thiol groups is 1. The highest BCUT2D eigenvalue weighted by Crippen LogP contribution is 2.13. The summed E-state index contributed by atoms with van der Waals surface area (Å²) in [5, 5.41) is 9.65. The van der Waals surface area contributed by atoms with Crippen molar-refractivity contribution >= 4 is 12.6 Å². The Morgan fingerprint density at radius 3 is 2.67 bits per heavy atom. The highest BCUT2D eigenvalue weighted by Gasteiger charge is 2.07. The molecule has 0 saturated carbocycles. The SMILES string of the molecule is OCc1[nH]c(S)nc1Cc1ccccc1. The van der Waals surface area contributed by atoms with E-state index in [1.807, 2.05) is 30.3 Å². The van der Waals surface area contributed by atoms with Gasteiger partial charge in [-0.2, -0.15) is 0 Å². The van der Waals surface area contributed by atoms with Crippen LogP contribution in [-0.4, -0.2) is 15.1 Å².